The van der Waals surface area contributed by atoms with Crippen molar-refractivity contribution >= 4 is 9.84 Å². The van der Waals surface area contributed by atoms with Crippen molar-refractivity contribution in [1.82, 2.24) is 0 Å². The zero-order valence-electron chi connectivity index (χ0n) is 7.34. The van der Waals surface area contributed by atoms with E-state index in [0.29, 0.717) is 11.7 Å². The van der Waals surface area contributed by atoms with Crippen LogP contribution in [0, 0.1) is 5.92 Å². The van der Waals surface area contributed by atoms with E-state index in [-0.39, 0.29) is 0 Å². The van der Waals surface area contributed by atoms with Crippen LogP contribution in [0.1, 0.15) is 32.6 Å². The fourth-order valence-electron chi connectivity index (χ4n) is 2.12. The van der Waals surface area contributed by atoms with E-state index in [1.165, 1.54) is 12.0 Å². The Kier molecular flexibility index (Phi) is 1.79. The molecule has 1 atom stereocenters. The summed E-state index contributed by atoms with van der Waals surface area (Å²) in [7, 11) is -2.80. The molecule has 0 saturated heterocycles. The first kappa shape index (κ1) is 8.30. The van der Waals surface area contributed by atoms with Crippen molar-refractivity contribution in [3.63, 3.8) is 0 Å². The summed E-state index contributed by atoms with van der Waals surface area (Å²) in [5, 5.41) is 0. The topological polar surface area (TPSA) is 34.1 Å². The van der Waals surface area contributed by atoms with Crippen LogP contribution in [0.5, 0.6) is 0 Å². The molecule has 0 spiro atoms. The first-order chi connectivity index (χ1) is 5.59. The second-order valence-electron chi connectivity index (χ2n) is 3.94. The molecular weight excluding hydrogens is 172 g/mol. The maximum Gasteiger partial charge on any atom is 0.174 e. The molecule has 0 bridgehead atoms. The van der Waals surface area contributed by atoms with Gasteiger partial charge >= 0.3 is 0 Å². The van der Waals surface area contributed by atoms with Crippen LogP contribution in [0.25, 0.3) is 0 Å². The Labute approximate surface area is 73.6 Å². The minimum Gasteiger partial charge on any atom is -0.224 e. The van der Waals surface area contributed by atoms with Crippen LogP contribution in [-0.4, -0.2) is 14.2 Å². The first-order valence-corrected chi connectivity index (χ1v) is 6.18. The molecule has 0 radical (unpaired) electrons. The fraction of sp³-hybridized carbons (Fsp3) is 0.778. The fourth-order valence-corrected chi connectivity index (χ4v) is 4.06. The highest BCUT2D eigenvalue weighted by Gasteiger charge is 2.32. The molecule has 0 aromatic carbocycles. The van der Waals surface area contributed by atoms with Crippen LogP contribution >= 0.6 is 0 Å². The van der Waals surface area contributed by atoms with Gasteiger partial charge in [0.15, 0.2) is 9.84 Å². The molecule has 2 rings (SSSR count). The second kappa shape index (κ2) is 2.59. The molecular formula is C9H14O2S. The number of sulfone groups is 1. The monoisotopic (exact) mass is 186 g/mol. The SMILES string of the molecule is CC1CCC2=C(C1)S(=O)(=O)CC2. The van der Waals surface area contributed by atoms with Crippen LogP contribution in [-0.2, 0) is 9.84 Å². The maximum absolute atomic E-state index is 11.5. The summed E-state index contributed by atoms with van der Waals surface area (Å²) in [5.74, 6) is 0.946. The molecule has 0 aromatic heterocycles. The molecule has 0 N–H and O–H groups in total. The average molecular weight is 186 g/mol. The lowest BCUT2D eigenvalue weighted by atomic mass is 9.90. The summed E-state index contributed by atoms with van der Waals surface area (Å²) in [5.41, 5.74) is 1.23. The molecule has 1 heterocycles. The van der Waals surface area contributed by atoms with Crippen LogP contribution in [0.2, 0.25) is 0 Å². The average Bonchev–Trinajstić information content (AvgIpc) is 2.28. The minimum atomic E-state index is -2.80. The van der Waals surface area contributed by atoms with Crippen LogP contribution < -0.4 is 0 Å². The third-order valence-corrected chi connectivity index (χ3v) is 4.86. The second-order valence-corrected chi connectivity index (χ2v) is 6.07. The lowest BCUT2D eigenvalue weighted by Crippen LogP contribution is -2.09. The summed E-state index contributed by atoms with van der Waals surface area (Å²) in [6, 6.07) is 0. The Hall–Kier alpha value is -0.310. The van der Waals surface area contributed by atoms with Crippen LogP contribution in [0.15, 0.2) is 10.5 Å². The quantitative estimate of drug-likeness (QED) is 0.579. The largest absolute Gasteiger partial charge is 0.224 e. The van der Waals surface area contributed by atoms with Crippen molar-refractivity contribution in [3.8, 4) is 0 Å². The summed E-state index contributed by atoms with van der Waals surface area (Å²) < 4.78 is 23.0. The summed E-state index contributed by atoms with van der Waals surface area (Å²) in [6.45, 7) is 2.14. The van der Waals surface area contributed by atoms with Crippen LogP contribution in [0.3, 0.4) is 0 Å². The molecule has 2 nitrogen and oxygen atoms in total. The van der Waals surface area contributed by atoms with Gasteiger partial charge in [0, 0.05) is 4.91 Å². The number of hydrogen-bond donors (Lipinski definition) is 0. The molecule has 1 unspecified atom stereocenters. The number of allylic oxidation sites excluding steroid dienone is 2. The molecule has 0 amide bonds. The van der Waals surface area contributed by atoms with E-state index < -0.39 is 9.84 Å². The number of rotatable bonds is 0. The van der Waals surface area contributed by atoms with E-state index >= 15 is 0 Å². The van der Waals surface area contributed by atoms with Gasteiger partial charge in [-0.3, -0.25) is 0 Å². The van der Waals surface area contributed by atoms with Crippen molar-refractivity contribution in [2.75, 3.05) is 5.75 Å². The van der Waals surface area contributed by atoms with Gasteiger partial charge in [0.2, 0.25) is 0 Å². The van der Waals surface area contributed by atoms with E-state index in [1.807, 2.05) is 0 Å². The molecule has 0 fully saturated rings. The predicted octanol–water partition coefficient (Wildman–Crippen LogP) is 1.88. The zero-order chi connectivity index (χ0) is 8.77. The van der Waals surface area contributed by atoms with E-state index in [2.05, 4.69) is 6.92 Å². The van der Waals surface area contributed by atoms with Gasteiger partial charge in [0.25, 0.3) is 0 Å². The van der Waals surface area contributed by atoms with Gasteiger partial charge in [0.1, 0.15) is 0 Å². The van der Waals surface area contributed by atoms with Gasteiger partial charge in [-0.25, -0.2) is 8.42 Å². The molecule has 1 aliphatic carbocycles. The summed E-state index contributed by atoms with van der Waals surface area (Å²) >= 11 is 0. The number of hydrogen-bond acceptors (Lipinski definition) is 2. The highest BCUT2D eigenvalue weighted by Crippen LogP contribution is 2.38. The Bertz CT molecular complexity index is 324. The molecule has 68 valence electrons. The molecule has 0 saturated carbocycles. The first-order valence-electron chi connectivity index (χ1n) is 4.53. The summed E-state index contributed by atoms with van der Waals surface area (Å²) in [4.78, 5) is 0.793. The lowest BCUT2D eigenvalue weighted by Gasteiger charge is -2.18. The van der Waals surface area contributed by atoms with Crippen molar-refractivity contribution in [1.29, 1.82) is 0 Å². The van der Waals surface area contributed by atoms with Gasteiger partial charge < -0.3 is 0 Å². The minimum absolute atomic E-state index is 0.379. The van der Waals surface area contributed by atoms with Gasteiger partial charge in [-0.15, -0.1) is 0 Å². The normalized spacial score (nSPS) is 33.6. The van der Waals surface area contributed by atoms with E-state index in [1.54, 1.807) is 0 Å². The van der Waals surface area contributed by atoms with E-state index in [4.69, 9.17) is 0 Å². The van der Waals surface area contributed by atoms with Crippen molar-refractivity contribution < 1.29 is 8.42 Å². The van der Waals surface area contributed by atoms with Gasteiger partial charge in [-0.2, -0.15) is 0 Å². The van der Waals surface area contributed by atoms with Crippen molar-refractivity contribution in [2.24, 2.45) is 5.92 Å². The summed E-state index contributed by atoms with van der Waals surface area (Å²) in [6.07, 6.45) is 3.81. The van der Waals surface area contributed by atoms with Gasteiger partial charge in [0.05, 0.1) is 5.75 Å². The molecule has 1 aliphatic heterocycles. The highest BCUT2D eigenvalue weighted by atomic mass is 32.2. The maximum atomic E-state index is 11.5. The Morgan fingerprint density at radius 3 is 2.83 bits per heavy atom. The third kappa shape index (κ3) is 1.20. The van der Waals surface area contributed by atoms with Crippen molar-refractivity contribution in [2.45, 2.75) is 32.6 Å². The lowest BCUT2D eigenvalue weighted by molar-refractivity contribution is 0.503. The van der Waals surface area contributed by atoms with Gasteiger partial charge in [-0.1, -0.05) is 12.5 Å². The predicted molar refractivity (Wildman–Crippen MR) is 48.4 cm³/mol. The van der Waals surface area contributed by atoms with E-state index in [9.17, 15) is 8.42 Å². The van der Waals surface area contributed by atoms with Gasteiger partial charge in [-0.05, 0) is 31.6 Å². The molecule has 12 heavy (non-hydrogen) atoms. The van der Waals surface area contributed by atoms with Crippen molar-refractivity contribution in [3.05, 3.63) is 10.5 Å². The Balaban J connectivity index is 2.39. The third-order valence-electron chi connectivity index (χ3n) is 2.92. The van der Waals surface area contributed by atoms with E-state index in [0.717, 1.165) is 24.2 Å². The molecule has 2 aliphatic rings. The molecule has 0 aromatic rings. The Morgan fingerprint density at radius 1 is 1.33 bits per heavy atom. The zero-order valence-corrected chi connectivity index (χ0v) is 8.15. The Morgan fingerprint density at radius 2 is 2.08 bits per heavy atom. The highest BCUT2D eigenvalue weighted by molar-refractivity contribution is 7.95. The molecule has 3 heteroatoms. The smallest absolute Gasteiger partial charge is 0.174 e. The van der Waals surface area contributed by atoms with Crippen LogP contribution in [0.4, 0.5) is 0 Å². The standard InChI is InChI=1S/C9H14O2S/c1-7-2-3-8-4-5-12(10,11)9(8)6-7/h7H,2-6H2,1H3.